The van der Waals surface area contributed by atoms with E-state index in [0.717, 1.165) is 12.5 Å². The topological polar surface area (TPSA) is 18.5 Å². The lowest BCUT2D eigenvalue weighted by Crippen LogP contribution is -2.14. The predicted octanol–water partition coefficient (Wildman–Crippen LogP) is 1.67. The van der Waals surface area contributed by atoms with Gasteiger partial charge in [-0.1, -0.05) is 0 Å². The number of rotatable bonds is 6. The molecule has 0 unspecified atom stereocenters. The van der Waals surface area contributed by atoms with E-state index in [9.17, 15) is 0 Å². The molecule has 1 aliphatic carbocycles. The SMILES string of the molecule is COCCOCC1(CCl)CC1. The number of halogens is 1. The molecule has 0 radical (unpaired) electrons. The lowest BCUT2D eigenvalue weighted by atomic mass is 10.2. The summed E-state index contributed by atoms with van der Waals surface area (Å²) in [5.74, 6) is 0.736. The molecule has 0 atom stereocenters. The van der Waals surface area contributed by atoms with Crippen LogP contribution in [0.15, 0.2) is 0 Å². The molecule has 0 N–H and O–H groups in total. The Kier molecular flexibility index (Phi) is 3.63. The fourth-order valence-electron chi connectivity index (χ4n) is 0.924. The highest BCUT2D eigenvalue weighted by atomic mass is 35.5. The molecular weight excluding hydrogens is 164 g/mol. The molecule has 0 amide bonds. The molecule has 0 aromatic rings. The molecule has 1 rings (SSSR count). The summed E-state index contributed by atoms with van der Waals surface area (Å²) in [6, 6.07) is 0. The van der Waals surface area contributed by atoms with Crippen LogP contribution < -0.4 is 0 Å². The molecule has 0 aromatic carbocycles. The van der Waals surface area contributed by atoms with Crippen molar-refractivity contribution < 1.29 is 9.47 Å². The van der Waals surface area contributed by atoms with Crippen LogP contribution >= 0.6 is 11.6 Å². The van der Waals surface area contributed by atoms with Crippen LogP contribution in [0.5, 0.6) is 0 Å². The summed E-state index contributed by atoms with van der Waals surface area (Å²) in [6.07, 6.45) is 2.45. The van der Waals surface area contributed by atoms with E-state index in [4.69, 9.17) is 21.1 Å². The van der Waals surface area contributed by atoms with Gasteiger partial charge in [0.1, 0.15) is 0 Å². The number of alkyl halides is 1. The van der Waals surface area contributed by atoms with E-state index in [1.165, 1.54) is 12.8 Å². The minimum absolute atomic E-state index is 0.329. The number of ether oxygens (including phenoxy) is 2. The van der Waals surface area contributed by atoms with Crippen LogP contribution in [0.4, 0.5) is 0 Å². The van der Waals surface area contributed by atoms with Crippen molar-refractivity contribution >= 4 is 11.6 Å². The van der Waals surface area contributed by atoms with Crippen LogP contribution in [0.25, 0.3) is 0 Å². The molecule has 11 heavy (non-hydrogen) atoms. The van der Waals surface area contributed by atoms with Crippen LogP contribution in [-0.4, -0.2) is 32.8 Å². The minimum atomic E-state index is 0.329. The zero-order chi connectivity index (χ0) is 8.16. The highest BCUT2D eigenvalue weighted by molar-refractivity contribution is 6.18. The molecule has 0 bridgehead atoms. The lowest BCUT2D eigenvalue weighted by molar-refractivity contribution is 0.0500. The Hall–Kier alpha value is 0.210. The molecule has 0 spiro atoms. The Morgan fingerprint density at radius 2 is 2.09 bits per heavy atom. The maximum Gasteiger partial charge on any atom is 0.0700 e. The fourth-order valence-corrected chi connectivity index (χ4v) is 1.27. The Balaban J connectivity index is 1.94. The van der Waals surface area contributed by atoms with Crippen LogP contribution in [0, 0.1) is 5.41 Å². The monoisotopic (exact) mass is 178 g/mol. The molecule has 3 heteroatoms. The zero-order valence-corrected chi connectivity index (χ0v) is 7.69. The van der Waals surface area contributed by atoms with E-state index in [1.54, 1.807) is 7.11 Å². The largest absolute Gasteiger partial charge is 0.382 e. The summed E-state index contributed by atoms with van der Waals surface area (Å²) < 4.78 is 10.2. The molecule has 1 saturated carbocycles. The summed E-state index contributed by atoms with van der Waals surface area (Å²) in [7, 11) is 1.68. The van der Waals surface area contributed by atoms with Gasteiger partial charge in [0.05, 0.1) is 19.8 Å². The molecule has 0 aromatic heterocycles. The first-order valence-corrected chi connectivity index (χ1v) is 4.49. The van der Waals surface area contributed by atoms with Gasteiger partial charge in [-0.15, -0.1) is 11.6 Å². The smallest absolute Gasteiger partial charge is 0.0700 e. The summed E-state index contributed by atoms with van der Waals surface area (Å²) in [5, 5.41) is 0. The molecule has 2 nitrogen and oxygen atoms in total. The predicted molar refractivity (Wildman–Crippen MR) is 45.1 cm³/mol. The van der Waals surface area contributed by atoms with Crippen molar-refractivity contribution in [3.05, 3.63) is 0 Å². The minimum Gasteiger partial charge on any atom is -0.382 e. The quantitative estimate of drug-likeness (QED) is 0.455. The van der Waals surface area contributed by atoms with Crippen LogP contribution in [-0.2, 0) is 9.47 Å². The van der Waals surface area contributed by atoms with Crippen LogP contribution in [0.1, 0.15) is 12.8 Å². The van der Waals surface area contributed by atoms with Gasteiger partial charge in [-0.3, -0.25) is 0 Å². The first kappa shape index (κ1) is 9.30. The van der Waals surface area contributed by atoms with Crippen molar-refractivity contribution in [3.63, 3.8) is 0 Å². The highest BCUT2D eigenvalue weighted by Gasteiger charge is 2.41. The average Bonchev–Trinajstić information content (AvgIpc) is 2.80. The van der Waals surface area contributed by atoms with Crippen molar-refractivity contribution in [2.75, 3.05) is 32.8 Å². The zero-order valence-electron chi connectivity index (χ0n) is 6.94. The van der Waals surface area contributed by atoms with Gasteiger partial charge >= 0.3 is 0 Å². The van der Waals surface area contributed by atoms with Gasteiger partial charge in [-0.2, -0.15) is 0 Å². The summed E-state index contributed by atoms with van der Waals surface area (Å²) in [4.78, 5) is 0. The van der Waals surface area contributed by atoms with E-state index in [2.05, 4.69) is 0 Å². The molecule has 66 valence electrons. The summed E-state index contributed by atoms with van der Waals surface area (Å²) in [5.41, 5.74) is 0.329. The molecule has 1 fully saturated rings. The van der Waals surface area contributed by atoms with Gasteiger partial charge in [0.2, 0.25) is 0 Å². The van der Waals surface area contributed by atoms with Crippen molar-refractivity contribution in [1.29, 1.82) is 0 Å². The first-order chi connectivity index (χ1) is 5.33. The van der Waals surface area contributed by atoms with E-state index >= 15 is 0 Å². The van der Waals surface area contributed by atoms with Crippen molar-refractivity contribution in [2.45, 2.75) is 12.8 Å². The second-order valence-electron chi connectivity index (χ2n) is 3.18. The molecule has 0 aliphatic heterocycles. The van der Waals surface area contributed by atoms with E-state index < -0.39 is 0 Å². The third-order valence-electron chi connectivity index (χ3n) is 2.08. The molecular formula is C8H15ClO2. The van der Waals surface area contributed by atoms with Crippen molar-refractivity contribution in [2.24, 2.45) is 5.41 Å². The molecule has 0 heterocycles. The molecule has 0 saturated heterocycles. The van der Waals surface area contributed by atoms with E-state index in [1.807, 2.05) is 0 Å². The van der Waals surface area contributed by atoms with Gasteiger partial charge in [0.15, 0.2) is 0 Å². The maximum atomic E-state index is 5.76. The Morgan fingerprint density at radius 3 is 2.55 bits per heavy atom. The maximum absolute atomic E-state index is 5.76. The Morgan fingerprint density at radius 1 is 1.36 bits per heavy atom. The fraction of sp³-hybridized carbons (Fsp3) is 1.00. The Bertz CT molecular complexity index is 113. The second kappa shape index (κ2) is 4.29. The summed E-state index contributed by atoms with van der Waals surface area (Å²) >= 11 is 5.76. The van der Waals surface area contributed by atoms with Gasteiger partial charge in [-0.05, 0) is 12.8 Å². The van der Waals surface area contributed by atoms with Crippen molar-refractivity contribution in [3.8, 4) is 0 Å². The standard InChI is InChI=1S/C8H15ClO2/c1-10-4-5-11-7-8(6-9)2-3-8/h2-7H2,1H3. The Labute approximate surface area is 72.8 Å². The van der Waals surface area contributed by atoms with Crippen molar-refractivity contribution in [1.82, 2.24) is 0 Å². The van der Waals surface area contributed by atoms with Gasteiger partial charge in [-0.25, -0.2) is 0 Å². The average molecular weight is 179 g/mol. The lowest BCUT2D eigenvalue weighted by Gasteiger charge is -2.10. The third kappa shape index (κ3) is 2.97. The van der Waals surface area contributed by atoms with Gasteiger partial charge < -0.3 is 9.47 Å². The number of hydrogen-bond donors (Lipinski definition) is 0. The summed E-state index contributed by atoms with van der Waals surface area (Å²) in [6.45, 7) is 2.17. The van der Waals surface area contributed by atoms with E-state index in [0.29, 0.717) is 18.6 Å². The van der Waals surface area contributed by atoms with E-state index in [-0.39, 0.29) is 0 Å². The van der Waals surface area contributed by atoms with Gasteiger partial charge in [0.25, 0.3) is 0 Å². The highest BCUT2D eigenvalue weighted by Crippen LogP contribution is 2.46. The van der Waals surface area contributed by atoms with Gasteiger partial charge in [0, 0.05) is 18.4 Å². The van der Waals surface area contributed by atoms with Crippen LogP contribution in [0.3, 0.4) is 0 Å². The number of methoxy groups -OCH3 is 1. The molecule has 1 aliphatic rings. The van der Waals surface area contributed by atoms with Crippen LogP contribution in [0.2, 0.25) is 0 Å². The second-order valence-corrected chi connectivity index (χ2v) is 3.45. The first-order valence-electron chi connectivity index (χ1n) is 3.96. The third-order valence-corrected chi connectivity index (χ3v) is 2.65. The normalized spacial score (nSPS) is 20.2. The number of hydrogen-bond acceptors (Lipinski definition) is 2.